The van der Waals surface area contributed by atoms with Crippen molar-refractivity contribution in [3.05, 3.63) is 84.0 Å². The molecule has 0 spiro atoms. The molecule has 0 saturated heterocycles. The van der Waals surface area contributed by atoms with Gasteiger partial charge in [0.05, 0.1) is 6.54 Å². The van der Waals surface area contributed by atoms with Crippen LogP contribution in [0.2, 0.25) is 0 Å². The lowest BCUT2D eigenvalue weighted by atomic mass is 10.00. The van der Waals surface area contributed by atoms with E-state index in [1.54, 1.807) is 0 Å². The van der Waals surface area contributed by atoms with Gasteiger partial charge in [0.25, 0.3) is 5.89 Å². The van der Waals surface area contributed by atoms with Crippen LogP contribution in [0.4, 0.5) is 0 Å². The molecule has 6 nitrogen and oxygen atoms in total. The Kier molecular flexibility index (Phi) is 4.99. The van der Waals surface area contributed by atoms with E-state index in [0.29, 0.717) is 24.1 Å². The minimum atomic E-state index is 0.445. The number of aromatic nitrogens is 3. The first kappa shape index (κ1) is 18.5. The van der Waals surface area contributed by atoms with Crippen molar-refractivity contribution in [3.63, 3.8) is 0 Å². The fourth-order valence-electron chi connectivity index (χ4n) is 3.80. The summed E-state index contributed by atoms with van der Waals surface area (Å²) in [5.41, 5.74) is 5.12. The van der Waals surface area contributed by atoms with E-state index < -0.39 is 0 Å². The topological polar surface area (TPSA) is 68.2 Å². The van der Waals surface area contributed by atoms with Crippen molar-refractivity contribution in [2.45, 2.75) is 19.9 Å². The van der Waals surface area contributed by atoms with Crippen LogP contribution in [-0.4, -0.2) is 33.3 Å². The minimum Gasteiger partial charge on any atom is -0.419 e. The summed E-state index contributed by atoms with van der Waals surface area (Å²) in [5, 5.41) is 12.7. The van der Waals surface area contributed by atoms with Crippen molar-refractivity contribution in [3.8, 4) is 22.7 Å². The van der Waals surface area contributed by atoms with Gasteiger partial charge in [-0.25, -0.2) is 0 Å². The van der Waals surface area contributed by atoms with E-state index in [-0.39, 0.29) is 0 Å². The Morgan fingerprint density at radius 2 is 1.67 bits per heavy atom. The molecule has 0 atom stereocenters. The molecule has 2 aromatic heterocycles. The summed E-state index contributed by atoms with van der Waals surface area (Å²) in [5.74, 6) is 1.71. The Morgan fingerprint density at radius 3 is 2.37 bits per heavy atom. The van der Waals surface area contributed by atoms with Gasteiger partial charge >= 0.3 is 0 Å². The molecule has 0 fully saturated rings. The number of benzene rings is 2. The Hall–Kier alpha value is -3.51. The summed E-state index contributed by atoms with van der Waals surface area (Å²) in [6.07, 6.45) is 3.29. The lowest BCUT2D eigenvalue weighted by molar-refractivity contribution is 0.263. The van der Waals surface area contributed by atoms with Gasteiger partial charge in [-0.15, -0.1) is 10.2 Å². The first-order valence-electron chi connectivity index (χ1n) is 10.1. The minimum absolute atomic E-state index is 0.445. The second-order valence-electron chi connectivity index (χ2n) is 7.41. The molecule has 1 aliphatic rings. The lowest BCUT2D eigenvalue weighted by Crippen LogP contribution is -2.28. The summed E-state index contributed by atoms with van der Waals surface area (Å²) < 4.78 is 11.4. The highest BCUT2D eigenvalue weighted by atomic mass is 16.5. The SMILES string of the molecule is Cc1onc(-c2ccccc2)c1-c1nnc(CN2CC=C(c3ccccc3)CC2)o1. The highest BCUT2D eigenvalue weighted by Gasteiger charge is 2.23. The summed E-state index contributed by atoms with van der Waals surface area (Å²) >= 11 is 0. The van der Waals surface area contributed by atoms with Crippen molar-refractivity contribution < 1.29 is 8.94 Å². The molecule has 2 aromatic carbocycles. The molecule has 0 bridgehead atoms. The molecule has 1 aliphatic heterocycles. The molecule has 30 heavy (non-hydrogen) atoms. The molecule has 0 N–H and O–H groups in total. The molecule has 3 heterocycles. The average molecular weight is 398 g/mol. The monoisotopic (exact) mass is 398 g/mol. The molecular formula is C24H22N4O2. The van der Waals surface area contributed by atoms with E-state index in [4.69, 9.17) is 8.94 Å². The highest BCUT2D eigenvalue weighted by molar-refractivity contribution is 5.77. The van der Waals surface area contributed by atoms with Crippen LogP contribution in [0.15, 0.2) is 75.7 Å². The van der Waals surface area contributed by atoms with E-state index in [9.17, 15) is 0 Å². The van der Waals surface area contributed by atoms with Crippen molar-refractivity contribution in [1.29, 1.82) is 0 Å². The van der Waals surface area contributed by atoms with Crippen molar-refractivity contribution >= 4 is 5.57 Å². The zero-order valence-corrected chi connectivity index (χ0v) is 16.8. The number of hydrogen-bond donors (Lipinski definition) is 0. The molecule has 0 unspecified atom stereocenters. The van der Waals surface area contributed by atoms with Crippen LogP contribution in [0.25, 0.3) is 28.3 Å². The zero-order valence-electron chi connectivity index (χ0n) is 16.8. The summed E-state index contributed by atoms with van der Waals surface area (Å²) in [4.78, 5) is 2.31. The molecular weight excluding hydrogens is 376 g/mol. The third-order valence-corrected chi connectivity index (χ3v) is 5.39. The van der Waals surface area contributed by atoms with Crippen LogP contribution in [-0.2, 0) is 6.54 Å². The van der Waals surface area contributed by atoms with Gasteiger partial charge in [-0.3, -0.25) is 4.90 Å². The van der Waals surface area contributed by atoms with Gasteiger partial charge in [-0.05, 0) is 24.5 Å². The van der Waals surface area contributed by atoms with E-state index in [0.717, 1.165) is 36.3 Å². The quantitative estimate of drug-likeness (QED) is 0.472. The van der Waals surface area contributed by atoms with Crippen molar-refractivity contribution in [2.75, 3.05) is 13.1 Å². The van der Waals surface area contributed by atoms with Crippen LogP contribution in [0.1, 0.15) is 23.6 Å². The predicted octanol–water partition coefficient (Wildman–Crippen LogP) is 4.99. The molecule has 0 amide bonds. The molecule has 5 rings (SSSR count). The van der Waals surface area contributed by atoms with E-state index in [2.05, 4.69) is 50.6 Å². The second kappa shape index (κ2) is 8.08. The van der Waals surface area contributed by atoms with Crippen molar-refractivity contribution in [1.82, 2.24) is 20.3 Å². The Bertz CT molecular complexity index is 1160. The van der Waals surface area contributed by atoms with Gasteiger partial charge in [-0.2, -0.15) is 0 Å². The third-order valence-electron chi connectivity index (χ3n) is 5.39. The summed E-state index contributed by atoms with van der Waals surface area (Å²) in [6.45, 7) is 4.30. The van der Waals surface area contributed by atoms with Gasteiger partial charge in [0, 0.05) is 18.7 Å². The maximum Gasteiger partial charge on any atom is 0.253 e. The fraction of sp³-hybridized carbons (Fsp3) is 0.208. The van der Waals surface area contributed by atoms with E-state index >= 15 is 0 Å². The highest BCUT2D eigenvalue weighted by Crippen LogP contribution is 2.33. The van der Waals surface area contributed by atoms with Crippen LogP contribution < -0.4 is 0 Å². The van der Waals surface area contributed by atoms with Gasteiger partial charge in [0.15, 0.2) is 0 Å². The van der Waals surface area contributed by atoms with Crippen molar-refractivity contribution in [2.24, 2.45) is 0 Å². The first-order valence-corrected chi connectivity index (χ1v) is 10.1. The van der Waals surface area contributed by atoms with E-state index in [1.165, 1.54) is 11.1 Å². The smallest absolute Gasteiger partial charge is 0.253 e. The number of hydrogen-bond acceptors (Lipinski definition) is 6. The van der Waals surface area contributed by atoms with Gasteiger partial charge < -0.3 is 8.94 Å². The molecule has 4 aromatic rings. The second-order valence-corrected chi connectivity index (χ2v) is 7.41. The molecule has 0 saturated carbocycles. The molecule has 6 heteroatoms. The summed E-state index contributed by atoms with van der Waals surface area (Å²) in [6, 6.07) is 20.4. The maximum atomic E-state index is 6.00. The molecule has 0 radical (unpaired) electrons. The maximum absolute atomic E-state index is 6.00. The van der Waals surface area contributed by atoms with Crippen LogP contribution >= 0.6 is 0 Å². The number of nitrogens with zero attached hydrogens (tertiary/aromatic N) is 4. The molecule has 0 aliphatic carbocycles. The van der Waals surface area contributed by atoms with Crippen LogP contribution in [0.3, 0.4) is 0 Å². The Balaban J connectivity index is 1.32. The Labute approximate surface area is 174 Å². The average Bonchev–Trinajstić information content (AvgIpc) is 3.41. The largest absolute Gasteiger partial charge is 0.419 e. The Morgan fingerprint density at radius 1 is 0.933 bits per heavy atom. The normalized spacial score (nSPS) is 14.6. The number of aryl methyl sites for hydroxylation is 1. The fourth-order valence-corrected chi connectivity index (χ4v) is 3.80. The summed E-state index contributed by atoms with van der Waals surface area (Å²) in [7, 11) is 0. The zero-order chi connectivity index (χ0) is 20.3. The lowest BCUT2D eigenvalue weighted by Gasteiger charge is -2.25. The van der Waals surface area contributed by atoms with E-state index in [1.807, 2.05) is 43.3 Å². The third kappa shape index (κ3) is 3.69. The molecule has 150 valence electrons. The first-order chi connectivity index (χ1) is 14.8. The van der Waals surface area contributed by atoms with Gasteiger partial charge in [-0.1, -0.05) is 71.9 Å². The van der Waals surface area contributed by atoms with Gasteiger partial charge in [0.1, 0.15) is 17.0 Å². The number of rotatable bonds is 5. The standard InChI is InChI=1S/C24H22N4O2/c1-17-22(23(27-30-17)20-10-6-3-7-11-20)24-26-25-21(29-24)16-28-14-12-19(13-15-28)18-8-4-2-5-9-18/h2-12H,13-16H2,1H3. The predicted molar refractivity (Wildman–Crippen MR) is 114 cm³/mol. The van der Waals surface area contributed by atoms with Gasteiger partial charge in [0.2, 0.25) is 5.89 Å². The van der Waals surface area contributed by atoms with Crippen LogP contribution in [0, 0.1) is 6.92 Å². The van der Waals surface area contributed by atoms with Crippen LogP contribution in [0.5, 0.6) is 0 Å².